The van der Waals surface area contributed by atoms with Gasteiger partial charge in [0.15, 0.2) is 17.5 Å². The van der Waals surface area contributed by atoms with E-state index in [0.717, 1.165) is 61.0 Å². The molecule has 0 saturated carbocycles. The Bertz CT molecular complexity index is 3890. The normalized spacial score (nSPS) is 12.7. The molecule has 10 aromatic carbocycles. The van der Waals surface area contributed by atoms with Crippen LogP contribution in [0.1, 0.15) is 25.0 Å². The summed E-state index contributed by atoms with van der Waals surface area (Å²) in [7, 11) is 0. The molecule has 0 atom stereocenters. The van der Waals surface area contributed by atoms with Gasteiger partial charge in [-0.05, 0) is 104 Å². The van der Waals surface area contributed by atoms with Gasteiger partial charge in [0.1, 0.15) is 0 Å². The van der Waals surface area contributed by atoms with Gasteiger partial charge in [-0.2, -0.15) is 0 Å². The van der Waals surface area contributed by atoms with Crippen molar-refractivity contribution in [3.05, 3.63) is 230 Å². The molecule has 0 aliphatic heterocycles. The second-order valence-electron chi connectivity index (χ2n) is 18.0. The molecule has 0 fully saturated rings. The molecule has 0 bridgehead atoms. The van der Waals surface area contributed by atoms with E-state index in [9.17, 15) is 0 Å². The molecule has 5 heteroatoms. The summed E-state index contributed by atoms with van der Waals surface area (Å²) in [5.74, 6) is 1.93. The third kappa shape index (κ3) is 6.46. The fraction of sp³-hybridized carbons (Fsp3) is 0.0484. The topological polar surface area (TPSA) is 41.9 Å². The number of anilines is 3. The lowest BCUT2D eigenvalue weighted by atomic mass is 9.82. The Morgan fingerprint density at radius 3 is 1.82 bits per heavy atom. The number of rotatable bonds is 7. The molecule has 0 amide bonds. The van der Waals surface area contributed by atoms with Crippen LogP contribution in [0, 0.1) is 0 Å². The first-order chi connectivity index (χ1) is 33.0. The largest absolute Gasteiger partial charge is 0.310 e. The van der Waals surface area contributed by atoms with Gasteiger partial charge in [-0.15, -0.1) is 11.3 Å². The molecule has 0 radical (unpaired) electrons. The molecule has 0 spiro atoms. The van der Waals surface area contributed by atoms with E-state index in [1.165, 1.54) is 47.8 Å². The van der Waals surface area contributed by atoms with Crippen molar-refractivity contribution in [2.45, 2.75) is 19.3 Å². The summed E-state index contributed by atoms with van der Waals surface area (Å²) in [6.07, 6.45) is 0. The van der Waals surface area contributed by atoms with Crippen LogP contribution < -0.4 is 4.90 Å². The summed E-state index contributed by atoms with van der Waals surface area (Å²) < 4.78 is 2.47. The number of fused-ring (bicyclic) bond motifs is 9. The maximum atomic E-state index is 5.33. The van der Waals surface area contributed by atoms with Gasteiger partial charge in [0.2, 0.25) is 0 Å². The van der Waals surface area contributed by atoms with Crippen LogP contribution in [0.15, 0.2) is 218 Å². The molecule has 2 heterocycles. The first-order valence-corrected chi connectivity index (χ1v) is 23.7. The third-order valence-corrected chi connectivity index (χ3v) is 14.9. The van der Waals surface area contributed by atoms with E-state index in [1.54, 1.807) is 0 Å². The summed E-state index contributed by atoms with van der Waals surface area (Å²) >= 11 is 1.83. The number of hydrogen-bond acceptors (Lipinski definition) is 5. The minimum Gasteiger partial charge on any atom is -0.310 e. The van der Waals surface area contributed by atoms with Gasteiger partial charge in [-0.1, -0.05) is 178 Å². The lowest BCUT2D eigenvalue weighted by Crippen LogP contribution is -2.16. The Kier molecular flexibility index (Phi) is 9.02. The van der Waals surface area contributed by atoms with Crippen molar-refractivity contribution in [1.82, 2.24) is 15.0 Å². The number of hydrogen-bond donors (Lipinski definition) is 0. The Hall–Kier alpha value is -8.25. The van der Waals surface area contributed by atoms with Gasteiger partial charge < -0.3 is 4.90 Å². The SMILES string of the molecule is CC1(C)c2ccccc2-c2ccc(N(c3ccccc3)c3ccc(-c4cc5c6ccccc6sc5c5c(-c6nc(-c7ccccc7)nc(-c7ccc8ccccc8c7)n6)cccc45)cc3)cc21. The zero-order valence-corrected chi connectivity index (χ0v) is 37.8. The molecule has 1 aliphatic carbocycles. The summed E-state index contributed by atoms with van der Waals surface area (Å²) in [6.45, 7) is 4.69. The summed E-state index contributed by atoms with van der Waals surface area (Å²) in [5.41, 5.74) is 13.8. The van der Waals surface area contributed by atoms with E-state index in [4.69, 9.17) is 15.0 Å². The molecule has 0 N–H and O–H groups in total. The maximum absolute atomic E-state index is 5.33. The van der Waals surface area contributed by atoms with E-state index in [2.05, 4.69) is 219 Å². The first kappa shape index (κ1) is 39.1. The van der Waals surface area contributed by atoms with E-state index >= 15 is 0 Å². The van der Waals surface area contributed by atoms with Crippen molar-refractivity contribution in [2.75, 3.05) is 4.90 Å². The molecular formula is C62H42N4S. The predicted molar refractivity (Wildman–Crippen MR) is 282 cm³/mol. The molecule has 4 nitrogen and oxygen atoms in total. The fourth-order valence-corrected chi connectivity index (χ4v) is 11.6. The fourth-order valence-electron chi connectivity index (χ4n) is 10.4. The van der Waals surface area contributed by atoms with Crippen molar-refractivity contribution < 1.29 is 0 Å². The number of thiophene rings is 1. The molecule has 0 unspecified atom stereocenters. The van der Waals surface area contributed by atoms with Crippen molar-refractivity contribution in [1.29, 1.82) is 0 Å². The average Bonchev–Trinajstić information content (AvgIpc) is 3.88. The molecular weight excluding hydrogens is 833 g/mol. The van der Waals surface area contributed by atoms with Crippen LogP contribution in [0.4, 0.5) is 17.1 Å². The van der Waals surface area contributed by atoms with Crippen LogP contribution >= 0.6 is 11.3 Å². The highest BCUT2D eigenvalue weighted by atomic mass is 32.1. The van der Waals surface area contributed by atoms with Crippen molar-refractivity contribution >= 4 is 70.1 Å². The minimum atomic E-state index is -0.110. The predicted octanol–water partition coefficient (Wildman–Crippen LogP) is 17.0. The highest BCUT2D eigenvalue weighted by Gasteiger charge is 2.35. The van der Waals surface area contributed by atoms with Gasteiger partial charge in [-0.25, -0.2) is 15.0 Å². The Balaban J connectivity index is 0.988. The highest BCUT2D eigenvalue weighted by Crippen LogP contribution is 2.51. The molecule has 12 aromatic rings. The summed E-state index contributed by atoms with van der Waals surface area (Å²) in [5, 5.41) is 7.08. The van der Waals surface area contributed by atoms with Gasteiger partial charge in [-0.3, -0.25) is 0 Å². The van der Waals surface area contributed by atoms with Crippen LogP contribution in [0.3, 0.4) is 0 Å². The summed E-state index contributed by atoms with van der Waals surface area (Å²) in [4.78, 5) is 18.1. The van der Waals surface area contributed by atoms with Gasteiger partial charge in [0.25, 0.3) is 0 Å². The van der Waals surface area contributed by atoms with E-state index < -0.39 is 0 Å². The van der Waals surface area contributed by atoms with Gasteiger partial charge in [0, 0.05) is 64.7 Å². The third-order valence-electron chi connectivity index (χ3n) is 13.7. The van der Waals surface area contributed by atoms with Crippen LogP contribution in [0.25, 0.3) is 98.1 Å². The Labute approximate surface area is 393 Å². The number of nitrogens with zero attached hydrogens (tertiary/aromatic N) is 4. The second-order valence-corrected chi connectivity index (χ2v) is 19.0. The molecule has 1 aliphatic rings. The zero-order valence-electron chi connectivity index (χ0n) is 37.0. The molecule has 316 valence electrons. The van der Waals surface area contributed by atoms with E-state index in [0.29, 0.717) is 17.5 Å². The standard InChI is InChI=1S/C62H42N4S/c1-62(2)54-26-13-11-22-47(54)48-35-34-46(37-55(48)62)66(44-20-7-4-8-21-44)45-32-30-40(31-33-45)52-38-53-49-23-12-14-27-56(49)67-58(53)57-50(52)24-15-25-51(57)61-64-59(41-17-5-3-6-18-41)63-60(65-61)43-29-28-39-16-9-10-19-42(39)36-43/h3-38H,1-2H3. The maximum Gasteiger partial charge on any atom is 0.164 e. The van der Waals surface area contributed by atoms with Crippen LogP contribution in [0.5, 0.6) is 0 Å². The van der Waals surface area contributed by atoms with Crippen LogP contribution in [-0.4, -0.2) is 15.0 Å². The smallest absolute Gasteiger partial charge is 0.164 e. The van der Waals surface area contributed by atoms with Crippen molar-refractivity contribution in [3.63, 3.8) is 0 Å². The first-order valence-electron chi connectivity index (χ1n) is 22.8. The quantitative estimate of drug-likeness (QED) is 0.160. The lowest BCUT2D eigenvalue weighted by Gasteiger charge is -2.28. The van der Waals surface area contributed by atoms with Crippen LogP contribution in [-0.2, 0) is 5.41 Å². The average molecular weight is 875 g/mol. The number of para-hydroxylation sites is 1. The highest BCUT2D eigenvalue weighted by molar-refractivity contribution is 7.26. The van der Waals surface area contributed by atoms with Gasteiger partial charge in [0.05, 0.1) is 0 Å². The molecule has 13 rings (SSSR count). The zero-order chi connectivity index (χ0) is 44.6. The molecule has 67 heavy (non-hydrogen) atoms. The Morgan fingerprint density at radius 1 is 0.373 bits per heavy atom. The number of benzene rings is 10. The molecule has 2 aromatic heterocycles. The van der Waals surface area contributed by atoms with Crippen molar-refractivity contribution in [2.24, 2.45) is 0 Å². The lowest BCUT2D eigenvalue weighted by molar-refractivity contribution is 0.660. The Morgan fingerprint density at radius 2 is 0.985 bits per heavy atom. The van der Waals surface area contributed by atoms with Gasteiger partial charge >= 0.3 is 0 Å². The minimum absolute atomic E-state index is 0.110. The monoisotopic (exact) mass is 874 g/mol. The van der Waals surface area contributed by atoms with E-state index in [1.807, 2.05) is 29.5 Å². The number of aromatic nitrogens is 3. The van der Waals surface area contributed by atoms with E-state index in [-0.39, 0.29) is 5.41 Å². The van der Waals surface area contributed by atoms with Crippen LogP contribution in [0.2, 0.25) is 0 Å². The summed E-state index contributed by atoms with van der Waals surface area (Å²) in [6, 6.07) is 78.5. The second kappa shape index (κ2) is 15.4. The molecule has 0 saturated heterocycles. The van der Waals surface area contributed by atoms with Crippen molar-refractivity contribution in [3.8, 4) is 56.4 Å².